The largest absolute Gasteiger partial charge is 0.522 e. The van der Waals surface area contributed by atoms with Gasteiger partial charge in [0.25, 0.3) is 0 Å². The van der Waals surface area contributed by atoms with Crippen LogP contribution in [0.1, 0.15) is 49.7 Å². The lowest BCUT2D eigenvalue weighted by Gasteiger charge is -2.67. The number of hydrogen-bond donors (Lipinski definition) is 1. The van der Waals surface area contributed by atoms with Crippen molar-refractivity contribution in [1.29, 1.82) is 0 Å². The first-order chi connectivity index (χ1) is 9.27. The summed E-state index contributed by atoms with van der Waals surface area (Å²) in [4.78, 5) is 4.22. The molecule has 0 saturated heterocycles. The Morgan fingerprint density at radius 1 is 1.30 bits per heavy atom. The van der Waals surface area contributed by atoms with E-state index in [9.17, 15) is 13.2 Å². The molecule has 4 aliphatic carbocycles. The molecular weight excluding hydrogens is 273 g/mol. The predicted molar refractivity (Wildman–Crippen MR) is 61.9 cm³/mol. The Hall–Kier alpha value is -1.08. The summed E-state index contributed by atoms with van der Waals surface area (Å²) >= 11 is 0. The van der Waals surface area contributed by atoms with Crippen LogP contribution in [0.2, 0.25) is 0 Å². The van der Waals surface area contributed by atoms with E-state index in [0.29, 0.717) is 18.7 Å². The third-order valence-corrected chi connectivity index (χ3v) is 4.86. The van der Waals surface area contributed by atoms with Gasteiger partial charge in [0.15, 0.2) is 5.89 Å². The maximum Gasteiger partial charge on any atom is 0.522 e. The molecule has 0 aliphatic heterocycles. The van der Waals surface area contributed by atoms with E-state index < -0.39 is 12.5 Å². The van der Waals surface area contributed by atoms with Crippen LogP contribution in [0.3, 0.4) is 0 Å². The molecule has 0 unspecified atom stereocenters. The molecule has 20 heavy (non-hydrogen) atoms. The van der Waals surface area contributed by atoms with Crippen molar-refractivity contribution in [3.05, 3.63) is 17.8 Å². The molecule has 0 amide bonds. The fourth-order valence-corrected chi connectivity index (χ4v) is 3.90. The fourth-order valence-electron chi connectivity index (χ4n) is 3.90. The topological polar surface area (TPSA) is 61.3 Å². The van der Waals surface area contributed by atoms with Gasteiger partial charge in [0.2, 0.25) is 0 Å². The van der Waals surface area contributed by atoms with Gasteiger partial charge in [-0.15, -0.1) is 13.2 Å². The van der Waals surface area contributed by atoms with Crippen molar-refractivity contribution in [3.63, 3.8) is 0 Å². The fraction of sp³-hybridized carbons (Fsp3) is 0.769. The molecule has 0 radical (unpaired) electrons. The molecule has 1 aromatic heterocycles. The van der Waals surface area contributed by atoms with Gasteiger partial charge in [-0.05, 0) is 32.1 Å². The van der Waals surface area contributed by atoms with E-state index in [1.54, 1.807) is 6.20 Å². The van der Waals surface area contributed by atoms with Gasteiger partial charge < -0.3 is 10.2 Å². The second-order valence-corrected chi connectivity index (χ2v) is 6.59. The highest BCUT2D eigenvalue weighted by atomic mass is 19.4. The molecule has 7 heteroatoms. The summed E-state index contributed by atoms with van der Waals surface area (Å²) in [6.07, 6.45) is -0.194. The summed E-state index contributed by atoms with van der Waals surface area (Å²) < 4.78 is 45.8. The predicted octanol–water partition coefficient (Wildman–Crippen LogP) is 2.59. The van der Waals surface area contributed by atoms with Crippen molar-refractivity contribution in [3.8, 4) is 0 Å². The Morgan fingerprint density at radius 2 is 1.95 bits per heavy atom. The van der Waals surface area contributed by atoms with Crippen LogP contribution >= 0.6 is 0 Å². The van der Waals surface area contributed by atoms with Crippen LogP contribution in [0.4, 0.5) is 13.2 Å². The molecule has 4 saturated carbocycles. The van der Waals surface area contributed by atoms with Crippen molar-refractivity contribution in [2.24, 2.45) is 5.73 Å². The van der Waals surface area contributed by atoms with E-state index in [1.807, 2.05) is 0 Å². The maximum atomic E-state index is 12.0. The molecule has 4 nitrogen and oxygen atoms in total. The Balaban J connectivity index is 1.37. The third-order valence-electron chi connectivity index (χ3n) is 4.86. The number of oxazole rings is 1. The van der Waals surface area contributed by atoms with Gasteiger partial charge in [-0.3, -0.25) is 4.74 Å². The molecule has 0 spiro atoms. The maximum absolute atomic E-state index is 12.0. The Labute approximate surface area is 113 Å². The van der Waals surface area contributed by atoms with Gasteiger partial charge >= 0.3 is 6.36 Å². The molecule has 4 aliphatic rings. The van der Waals surface area contributed by atoms with E-state index >= 15 is 0 Å². The first kappa shape index (κ1) is 12.6. The average Bonchev–Trinajstić information content (AvgIpc) is 2.64. The second kappa shape index (κ2) is 3.57. The second-order valence-electron chi connectivity index (χ2n) is 6.59. The summed E-state index contributed by atoms with van der Waals surface area (Å²) in [5, 5.41) is 0. The minimum absolute atomic E-state index is 0.00489. The molecule has 110 valence electrons. The average molecular weight is 288 g/mol. The standard InChI is InChI=1S/C13H15F3N2O2/c14-13(15,16)20-8-1-7(2-8)10-18-3-9(19-10)11-4-12(17,5-11)6-11/h3,7-8H,1-2,4-6,17H2/t7-,8+,11?,12?. The van der Waals surface area contributed by atoms with Gasteiger partial charge in [0, 0.05) is 16.9 Å². The Kier molecular flexibility index (Phi) is 2.26. The SMILES string of the molecule is NC12CC(c3cnc([C@H]4C[C@@H](OC(F)(F)F)C4)o3)(C1)C2. The van der Waals surface area contributed by atoms with Crippen LogP contribution in [0.5, 0.6) is 0 Å². The van der Waals surface area contributed by atoms with Gasteiger partial charge in [-0.25, -0.2) is 4.98 Å². The zero-order chi connectivity index (χ0) is 14.2. The number of halogens is 3. The van der Waals surface area contributed by atoms with E-state index in [-0.39, 0.29) is 16.9 Å². The highest BCUT2D eigenvalue weighted by Gasteiger charge is 2.68. The van der Waals surface area contributed by atoms with Crippen LogP contribution < -0.4 is 5.73 Å². The lowest BCUT2D eigenvalue weighted by Crippen LogP contribution is -2.74. The molecule has 4 fully saturated rings. The first-order valence-corrected chi connectivity index (χ1v) is 6.77. The molecule has 0 atom stereocenters. The van der Waals surface area contributed by atoms with Gasteiger partial charge in [0.05, 0.1) is 12.3 Å². The molecule has 0 aromatic carbocycles. The van der Waals surface area contributed by atoms with Crippen LogP contribution in [0.15, 0.2) is 10.6 Å². The zero-order valence-electron chi connectivity index (χ0n) is 10.7. The molecule has 2 bridgehead atoms. The number of rotatable bonds is 3. The monoisotopic (exact) mass is 288 g/mol. The summed E-state index contributed by atoms with van der Waals surface area (Å²) in [6.45, 7) is 0. The minimum atomic E-state index is -4.56. The Bertz CT molecular complexity index is 528. The van der Waals surface area contributed by atoms with Gasteiger partial charge in [0.1, 0.15) is 5.76 Å². The molecule has 1 aromatic rings. The first-order valence-electron chi connectivity index (χ1n) is 6.77. The normalized spacial score (nSPS) is 42.6. The van der Waals surface area contributed by atoms with Crippen LogP contribution in [0.25, 0.3) is 0 Å². The van der Waals surface area contributed by atoms with Crippen LogP contribution in [-0.4, -0.2) is 23.0 Å². The third kappa shape index (κ3) is 1.79. The summed E-state index contributed by atoms with van der Waals surface area (Å²) in [5.74, 6) is 1.33. The van der Waals surface area contributed by atoms with E-state index in [2.05, 4.69) is 9.72 Å². The summed E-state index contributed by atoms with van der Waals surface area (Å²) in [7, 11) is 0. The number of hydrogen-bond acceptors (Lipinski definition) is 4. The summed E-state index contributed by atoms with van der Waals surface area (Å²) in [5.41, 5.74) is 6.06. The smallest absolute Gasteiger partial charge is 0.445 e. The lowest BCUT2D eigenvalue weighted by molar-refractivity contribution is -0.352. The van der Waals surface area contributed by atoms with E-state index in [0.717, 1.165) is 25.0 Å². The van der Waals surface area contributed by atoms with E-state index in [1.165, 1.54) is 0 Å². The lowest BCUT2D eigenvalue weighted by atomic mass is 9.39. The molecule has 2 N–H and O–H groups in total. The number of ether oxygens (including phenoxy) is 1. The molecule has 5 rings (SSSR count). The molecule has 1 heterocycles. The number of nitrogens with zero attached hydrogens (tertiary/aromatic N) is 1. The van der Waals surface area contributed by atoms with Crippen molar-refractivity contribution >= 4 is 0 Å². The number of aromatic nitrogens is 1. The van der Waals surface area contributed by atoms with Crippen LogP contribution in [0, 0.1) is 0 Å². The van der Waals surface area contributed by atoms with Gasteiger partial charge in [-0.2, -0.15) is 0 Å². The van der Waals surface area contributed by atoms with Gasteiger partial charge in [-0.1, -0.05) is 0 Å². The molecular formula is C13H15F3N2O2. The highest BCUT2D eigenvalue weighted by molar-refractivity contribution is 5.35. The van der Waals surface area contributed by atoms with Crippen molar-refractivity contribution in [2.75, 3.05) is 0 Å². The van der Waals surface area contributed by atoms with E-state index in [4.69, 9.17) is 10.2 Å². The quantitative estimate of drug-likeness (QED) is 0.928. The van der Waals surface area contributed by atoms with Crippen molar-refractivity contribution in [2.45, 2.75) is 61.4 Å². The minimum Gasteiger partial charge on any atom is -0.445 e. The zero-order valence-corrected chi connectivity index (χ0v) is 10.7. The highest BCUT2D eigenvalue weighted by Crippen LogP contribution is 2.66. The summed E-state index contributed by atoms with van der Waals surface area (Å²) in [6, 6.07) is 0. The number of alkyl halides is 3. The number of nitrogens with two attached hydrogens (primary N) is 1. The van der Waals surface area contributed by atoms with Crippen LogP contribution in [-0.2, 0) is 10.2 Å². The van der Waals surface area contributed by atoms with Crippen molar-refractivity contribution in [1.82, 2.24) is 4.98 Å². The Morgan fingerprint density at radius 3 is 2.50 bits per heavy atom. The van der Waals surface area contributed by atoms with Crippen molar-refractivity contribution < 1.29 is 22.3 Å².